The van der Waals surface area contributed by atoms with Gasteiger partial charge >= 0.3 is 0 Å². The highest BCUT2D eigenvalue weighted by atomic mass is 127. The summed E-state index contributed by atoms with van der Waals surface area (Å²) < 4.78 is 11.6. The number of aliphatic hydroxyl groups excluding tert-OH is 2. The first-order valence-corrected chi connectivity index (χ1v) is 11.0. The fourth-order valence-electron chi connectivity index (χ4n) is 1.73. The molecule has 7 nitrogen and oxygen atoms in total. The molecule has 0 aromatic carbocycles. The Morgan fingerprint density at radius 1 is 1.33 bits per heavy atom. The van der Waals surface area contributed by atoms with Gasteiger partial charge in [-0.2, -0.15) is 0 Å². The van der Waals surface area contributed by atoms with Crippen molar-refractivity contribution in [1.29, 1.82) is 0 Å². The van der Waals surface area contributed by atoms with E-state index in [-0.39, 0.29) is 15.5 Å². The predicted molar refractivity (Wildman–Crippen MR) is 90.8 cm³/mol. The van der Waals surface area contributed by atoms with Gasteiger partial charge in [-0.15, -0.1) is 0 Å². The Balaban J connectivity index is 2.88. The van der Waals surface area contributed by atoms with Crippen LogP contribution in [0.25, 0.3) is 10.4 Å². The molecule has 1 aliphatic rings. The van der Waals surface area contributed by atoms with Crippen molar-refractivity contribution >= 4 is 30.9 Å². The molecule has 0 unspecified atom stereocenters. The maximum atomic E-state index is 10.1. The Kier molecular flexibility index (Phi) is 6.49. The fraction of sp³-hybridized carbons (Fsp3) is 1.00. The van der Waals surface area contributed by atoms with Crippen LogP contribution in [-0.4, -0.2) is 53.6 Å². The molecule has 122 valence electrons. The number of rotatable bonds is 4. The molecule has 0 radical (unpaired) electrons. The van der Waals surface area contributed by atoms with Crippen LogP contribution in [0.15, 0.2) is 5.11 Å². The number of azide groups is 1. The van der Waals surface area contributed by atoms with Crippen molar-refractivity contribution in [3.8, 4) is 0 Å². The van der Waals surface area contributed by atoms with Crippen LogP contribution in [0.2, 0.25) is 18.1 Å². The van der Waals surface area contributed by atoms with E-state index in [1.165, 1.54) is 0 Å². The summed E-state index contributed by atoms with van der Waals surface area (Å²) in [7, 11) is -2.07. The van der Waals surface area contributed by atoms with Crippen molar-refractivity contribution in [2.45, 2.75) is 67.4 Å². The van der Waals surface area contributed by atoms with E-state index in [9.17, 15) is 10.2 Å². The van der Waals surface area contributed by atoms with Gasteiger partial charge in [0.1, 0.15) is 6.10 Å². The van der Waals surface area contributed by atoms with Gasteiger partial charge in [0.25, 0.3) is 0 Å². The van der Waals surface area contributed by atoms with Crippen LogP contribution in [0, 0.1) is 0 Å². The minimum Gasteiger partial charge on any atom is -0.391 e. The number of alkyl halides is 1. The minimum absolute atomic E-state index is 0.00798. The monoisotopic (exact) mass is 429 g/mol. The smallest absolute Gasteiger partial charge is 0.195 e. The summed E-state index contributed by atoms with van der Waals surface area (Å²) in [5.41, 5.74) is 8.39. The van der Waals surface area contributed by atoms with E-state index in [2.05, 4.69) is 43.9 Å². The predicted octanol–water partition coefficient (Wildman–Crippen LogP) is 2.57. The SMILES string of the molecule is CC(C)(C)[Si](C)(C)O[C@@H]1O[C@H](CN=[N+]=[N-])[C@@H](O)[C@H](O)[C@H]1I. The summed E-state index contributed by atoms with van der Waals surface area (Å²) >= 11 is 2.03. The quantitative estimate of drug-likeness (QED) is 0.179. The lowest BCUT2D eigenvalue weighted by atomic mass is 10.0. The molecule has 0 spiro atoms. The molecule has 2 N–H and O–H groups in total. The average Bonchev–Trinajstić information content (AvgIpc) is 2.36. The van der Waals surface area contributed by atoms with E-state index in [0.29, 0.717) is 0 Å². The van der Waals surface area contributed by atoms with Gasteiger partial charge in [-0.05, 0) is 23.7 Å². The Hall–Kier alpha value is 0.0969. The first kappa shape index (κ1) is 19.1. The lowest BCUT2D eigenvalue weighted by Crippen LogP contribution is -2.59. The summed E-state index contributed by atoms with van der Waals surface area (Å²) in [6.45, 7) is 10.5. The van der Waals surface area contributed by atoms with Gasteiger partial charge in [0.15, 0.2) is 14.6 Å². The molecule has 21 heavy (non-hydrogen) atoms. The largest absolute Gasteiger partial charge is 0.391 e. The molecule has 1 rings (SSSR count). The van der Waals surface area contributed by atoms with E-state index in [4.69, 9.17) is 14.7 Å². The molecule has 1 aliphatic heterocycles. The van der Waals surface area contributed by atoms with Crippen molar-refractivity contribution in [3.63, 3.8) is 0 Å². The summed E-state index contributed by atoms with van der Waals surface area (Å²) in [6, 6.07) is 0. The van der Waals surface area contributed by atoms with Gasteiger partial charge < -0.3 is 19.4 Å². The number of ether oxygens (including phenoxy) is 1. The van der Waals surface area contributed by atoms with Crippen molar-refractivity contribution < 1.29 is 19.4 Å². The highest BCUT2D eigenvalue weighted by molar-refractivity contribution is 14.1. The zero-order chi connectivity index (χ0) is 16.4. The second-order valence-corrected chi connectivity index (χ2v) is 13.0. The highest BCUT2D eigenvalue weighted by Crippen LogP contribution is 2.40. The normalized spacial score (nSPS) is 34.4. The third-order valence-corrected chi connectivity index (χ3v) is 9.93. The molecule has 0 aliphatic carbocycles. The van der Waals surface area contributed by atoms with Gasteiger partial charge in [0.05, 0.1) is 22.7 Å². The summed E-state index contributed by atoms with van der Waals surface area (Å²) in [4.78, 5) is 2.67. The molecule has 9 heteroatoms. The maximum absolute atomic E-state index is 10.1. The number of nitrogens with zero attached hydrogens (tertiary/aromatic N) is 3. The van der Waals surface area contributed by atoms with Crippen LogP contribution >= 0.6 is 22.6 Å². The average molecular weight is 429 g/mol. The number of hydrogen-bond donors (Lipinski definition) is 2. The Morgan fingerprint density at radius 3 is 2.38 bits per heavy atom. The van der Waals surface area contributed by atoms with Crippen LogP contribution in [0.5, 0.6) is 0 Å². The maximum Gasteiger partial charge on any atom is 0.195 e. The molecular formula is C12H24IN3O4Si. The van der Waals surface area contributed by atoms with Gasteiger partial charge in [0, 0.05) is 4.91 Å². The molecule has 5 atom stereocenters. The molecule has 0 aromatic rings. The third-order valence-electron chi connectivity index (χ3n) is 4.17. The van der Waals surface area contributed by atoms with Crippen molar-refractivity contribution in [3.05, 3.63) is 10.4 Å². The second-order valence-electron chi connectivity index (χ2n) is 6.76. The molecule has 1 saturated heterocycles. The summed E-state index contributed by atoms with van der Waals surface area (Å²) in [5, 5.41) is 23.6. The second kappa shape index (κ2) is 7.11. The van der Waals surface area contributed by atoms with E-state index in [1.54, 1.807) is 0 Å². The van der Waals surface area contributed by atoms with Crippen molar-refractivity contribution in [1.82, 2.24) is 0 Å². The van der Waals surface area contributed by atoms with Crippen LogP contribution in [0.1, 0.15) is 20.8 Å². The van der Waals surface area contributed by atoms with Crippen LogP contribution in [0.3, 0.4) is 0 Å². The van der Waals surface area contributed by atoms with E-state index >= 15 is 0 Å². The number of aliphatic hydroxyl groups is 2. The summed E-state index contributed by atoms with van der Waals surface area (Å²) in [5.74, 6) is 0. The fourth-order valence-corrected chi connectivity index (χ4v) is 3.88. The lowest BCUT2D eigenvalue weighted by molar-refractivity contribution is -0.214. The first-order valence-electron chi connectivity index (χ1n) is 6.85. The van der Waals surface area contributed by atoms with Gasteiger partial charge in [-0.1, -0.05) is 48.5 Å². The zero-order valence-corrected chi connectivity index (χ0v) is 16.2. The van der Waals surface area contributed by atoms with E-state index in [0.717, 1.165) is 0 Å². The van der Waals surface area contributed by atoms with Crippen LogP contribution in [0.4, 0.5) is 0 Å². The molecule has 1 heterocycles. The Morgan fingerprint density at radius 2 is 1.90 bits per heavy atom. The molecule has 0 bridgehead atoms. The zero-order valence-electron chi connectivity index (χ0n) is 13.0. The van der Waals surface area contributed by atoms with Crippen molar-refractivity contribution in [2.24, 2.45) is 5.11 Å². The molecular weight excluding hydrogens is 405 g/mol. The third kappa shape index (κ3) is 4.53. The summed E-state index contributed by atoms with van der Waals surface area (Å²) in [6.07, 6.45) is -3.44. The standard InChI is InChI=1S/C12H24IN3O4Si/c1-12(2,3)21(4,5)20-11-8(13)10(18)9(17)7(19-11)6-15-16-14/h7-11,17-18H,6H2,1-5H3/t7-,8-,9-,10-,11+/m1/s1. The molecule has 0 aromatic heterocycles. The van der Waals surface area contributed by atoms with Crippen molar-refractivity contribution in [2.75, 3.05) is 6.54 Å². The van der Waals surface area contributed by atoms with E-state index in [1.807, 2.05) is 22.6 Å². The molecule has 1 fully saturated rings. The molecule has 0 saturated carbocycles. The number of hydrogen-bond acceptors (Lipinski definition) is 5. The van der Waals surface area contributed by atoms with Gasteiger partial charge in [-0.25, -0.2) is 0 Å². The topological polar surface area (TPSA) is 108 Å². The molecule has 0 amide bonds. The van der Waals surface area contributed by atoms with Gasteiger partial charge in [0.2, 0.25) is 0 Å². The minimum atomic E-state index is -2.07. The Bertz CT molecular complexity index is 412. The Labute approximate surface area is 139 Å². The highest BCUT2D eigenvalue weighted by Gasteiger charge is 2.48. The lowest BCUT2D eigenvalue weighted by Gasteiger charge is -2.45. The van der Waals surface area contributed by atoms with Gasteiger partial charge in [-0.3, -0.25) is 0 Å². The first-order chi connectivity index (χ1) is 9.51. The van der Waals surface area contributed by atoms with E-state index < -0.39 is 32.9 Å². The van der Waals surface area contributed by atoms with Crippen LogP contribution < -0.4 is 0 Å². The van der Waals surface area contributed by atoms with Crippen LogP contribution in [-0.2, 0) is 9.16 Å². The number of halogens is 1.